The molecule has 0 aliphatic heterocycles. The predicted octanol–water partition coefficient (Wildman–Crippen LogP) is 2.56. The first kappa shape index (κ1) is 12.4. The van der Waals surface area contributed by atoms with Gasteiger partial charge in [0, 0.05) is 6.42 Å². The first-order chi connectivity index (χ1) is 6.72. The Morgan fingerprint density at radius 1 is 1.47 bits per heavy atom. The molecule has 0 amide bonds. The van der Waals surface area contributed by atoms with Crippen LogP contribution < -0.4 is 0 Å². The molecule has 0 radical (unpaired) electrons. The minimum absolute atomic E-state index is 0.105. The molecule has 0 N–H and O–H groups in total. The highest BCUT2D eigenvalue weighted by atomic mass is 32.2. The summed E-state index contributed by atoms with van der Waals surface area (Å²) in [6, 6.07) is 0. The fourth-order valence-corrected chi connectivity index (χ4v) is 1.83. The summed E-state index contributed by atoms with van der Waals surface area (Å²) in [5.74, 6) is 0.0412. The van der Waals surface area contributed by atoms with E-state index in [0.29, 0.717) is 6.42 Å². The molecule has 1 atom stereocenters. The number of hydrogen-bond acceptors (Lipinski definition) is 3. The lowest BCUT2D eigenvalue weighted by Gasteiger charge is -2.19. The smallest absolute Gasteiger partial charge is 0.381 e. The zero-order valence-electron chi connectivity index (χ0n) is 8.04. The molecule has 0 heterocycles. The molecule has 0 aromatic carbocycles. The Hall–Kier alpha value is -0.720. The SMILES string of the molecule is CC1CCC=C(OS(=O)(=O)C(F)(F)F)C1. The second-order valence-electron chi connectivity index (χ2n) is 3.54. The third-order valence-corrected chi connectivity index (χ3v) is 3.08. The van der Waals surface area contributed by atoms with Crippen molar-refractivity contribution < 1.29 is 25.8 Å². The summed E-state index contributed by atoms with van der Waals surface area (Å²) in [4.78, 5) is 0. The average molecular weight is 244 g/mol. The van der Waals surface area contributed by atoms with E-state index in [-0.39, 0.29) is 18.1 Å². The minimum atomic E-state index is -5.49. The largest absolute Gasteiger partial charge is 0.534 e. The number of hydrogen-bond donors (Lipinski definition) is 0. The molecule has 0 spiro atoms. The van der Waals surface area contributed by atoms with Gasteiger partial charge in [-0.25, -0.2) is 0 Å². The van der Waals surface area contributed by atoms with Crippen molar-refractivity contribution in [2.45, 2.75) is 31.7 Å². The highest BCUT2D eigenvalue weighted by molar-refractivity contribution is 7.87. The summed E-state index contributed by atoms with van der Waals surface area (Å²) in [5.41, 5.74) is -5.35. The second kappa shape index (κ2) is 4.03. The van der Waals surface area contributed by atoms with Crippen LogP contribution in [-0.4, -0.2) is 13.9 Å². The highest BCUT2D eigenvalue weighted by Crippen LogP contribution is 2.31. The van der Waals surface area contributed by atoms with Gasteiger partial charge in [-0.3, -0.25) is 0 Å². The van der Waals surface area contributed by atoms with E-state index in [1.807, 2.05) is 6.92 Å². The summed E-state index contributed by atoms with van der Waals surface area (Å²) in [6.07, 6.45) is 3.00. The van der Waals surface area contributed by atoms with E-state index in [0.717, 1.165) is 6.42 Å². The molecule has 0 fully saturated rings. The molecule has 0 saturated carbocycles. The zero-order valence-corrected chi connectivity index (χ0v) is 8.86. The van der Waals surface area contributed by atoms with Crippen molar-refractivity contribution in [1.29, 1.82) is 0 Å². The molecule has 1 unspecified atom stereocenters. The van der Waals surface area contributed by atoms with Gasteiger partial charge < -0.3 is 4.18 Å². The molecule has 0 aromatic heterocycles. The normalized spacial score (nSPS) is 23.5. The fourth-order valence-electron chi connectivity index (χ4n) is 1.31. The molecule has 3 nitrogen and oxygen atoms in total. The van der Waals surface area contributed by atoms with E-state index in [1.54, 1.807) is 0 Å². The van der Waals surface area contributed by atoms with E-state index in [1.165, 1.54) is 6.08 Å². The number of halogens is 3. The van der Waals surface area contributed by atoms with Crippen LogP contribution in [0.4, 0.5) is 13.2 Å². The Morgan fingerprint density at radius 2 is 2.07 bits per heavy atom. The molecule has 1 rings (SSSR count). The van der Waals surface area contributed by atoms with Gasteiger partial charge in [0.05, 0.1) is 0 Å². The van der Waals surface area contributed by atoms with Crippen LogP contribution in [0.2, 0.25) is 0 Å². The van der Waals surface area contributed by atoms with Gasteiger partial charge in [-0.1, -0.05) is 6.92 Å². The Kier molecular flexibility index (Phi) is 3.32. The van der Waals surface area contributed by atoms with E-state index < -0.39 is 15.6 Å². The minimum Gasteiger partial charge on any atom is -0.381 e. The van der Waals surface area contributed by atoms with Crippen molar-refractivity contribution in [3.05, 3.63) is 11.8 Å². The van der Waals surface area contributed by atoms with Gasteiger partial charge in [0.2, 0.25) is 0 Å². The van der Waals surface area contributed by atoms with Crippen molar-refractivity contribution in [2.75, 3.05) is 0 Å². The topological polar surface area (TPSA) is 43.4 Å². The van der Waals surface area contributed by atoms with E-state index in [2.05, 4.69) is 4.18 Å². The summed E-state index contributed by atoms with van der Waals surface area (Å²) >= 11 is 0. The Morgan fingerprint density at radius 3 is 2.53 bits per heavy atom. The van der Waals surface area contributed by atoms with Crippen molar-refractivity contribution in [1.82, 2.24) is 0 Å². The molecular formula is C8H11F3O3S. The molecule has 15 heavy (non-hydrogen) atoms. The van der Waals surface area contributed by atoms with E-state index >= 15 is 0 Å². The quantitative estimate of drug-likeness (QED) is 0.554. The third-order valence-electron chi connectivity index (χ3n) is 2.08. The van der Waals surface area contributed by atoms with Gasteiger partial charge in [0.25, 0.3) is 0 Å². The van der Waals surface area contributed by atoms with Gasteiger partial charge >= 0.3 is 15.6 Å². The molecule has 0 saturated heterocycles. The van der Waals surface area contributed by atoms with Crippen LogP contribution in [0.25, 0.3) is 0 Å². The van der Waals surface area contributed by atoms with Crippen LogP contribution in [0.5, 0.6) is 0 Å². The number of rotatable bonds is 2. The molecule has 88 valence electrons. The van der Waals surface area contributed by atoms with Gasteiger partial charge in [-0.2, -0.15) is 21.6 Å². The maximum absolute atomic E-state index is 11.9. The van der Waals surface area contributed by atoms with Crippen LogP contribution in [0, 0.1) is 5.92 Å². The lowest BCUT2D eigenvalue weighted by Crippen LogP contribution is -2.26. The summed E-state index contributed by atoms with van der Waals surface area (Å²) in [6.45, 7) is 1.83. The third kappa shape index (κ3) is 3.12. The second-order valence-corrected chi connectivity index (χ2v) is 5.08. The first-order valence-electron chi connectivity index (χ1n) is 4.42. The van der Waals surface area contributed by atoms with Gasteiger partial charge in [0.15, 0.2) is 0 Å². The van der Waals surface area contributed by atoms with Crippen molar-refractivity contribution >= 4 is 10.1 Å². The van der Waals surface area contributed by atoms with Crippen LogP contribution in [0.15, 0.2) is 11.8 Å². The zero-order chi connectivity index (χ0) is 11.7. The van der Waals surface area contributed by atoms with E-state index in [4.69, 9.17) is 0 Å². The van der Waals surface area contributed by atoms with Crippen molar-refractivity contribution in [2.24, 2.45) is 5.92 Å². The predicted molar refractivity (Wildman–Crippen MR) is 47.2 cm³/mol. The molecular weight excluding hydrogens is 233 g/mol. The van der Waals surface area contributed by atoms with Gasteiger partial charge in [-0.15, -0.1) is 0 Å². The van der Waals surface area contributed by atoms with Crippen LogP contribution in [0.1, 0.15) is 26.2 Å². The van der Waals surface area contributed by atoms with Crippen LogP contribution in [0.3, 0.4) is 0 Å². The number of allylic oxidation sites excluding steroid dienone is 2. The Bertz CT molecular complexity index is 356. The van der Waals surface area contributed by atoms with Crippen LogP contribution in [-0.2, 0) is 14.3 Å². The number of alkyl halides is 3. The lowest BCUT2D eigenvalue weighted by molar-refractivity contribution is -0.0525. The van der Waals surface area contributed by atoms with E-state index in [9.17, 15) is 21.6 Å². The highest BCUT2D eigenvalue weighted by Gasteiger charge is 2.48. The van der Waals surface area contributed by atoms with Crippen molar-refractivity contribution in [3.8, 4) is 0 Å². The van der Waals surface area contributed by atoms with Crippen LogP contribution >= 0.6 is 0 Å². The monoisotopic (exact) mass is 244 g/mol. The fraction of sp³-hybridized carbons (Fsp3) is 0.750. The Labute approximate surface area is 86.0 Å². The first-order valence-corrected chi connectivity index (χ1v) is 5.83. The summed E-state index contributed by atoms with van der Waals surface area (Å²) in [5, 5.41) is 0. The molecule has 0 bridgehead atoms. The summed E-state index contributed by atoms with van der Waals surface area (Å²) < 4.78 is 61.1. The molecule has 7 heteroatoms. The summed E-state index contributed by atoms with van der Waals surface area (Å²) in [7, 11) is -5.49. The lowest BCUT2D eigenvalue weighted by atomic mass is 9.95. The molecule has 1 aliphatic rings. The average Bonchev–Trinajstić information content (AvgIpc) is 2.00. The molecule has 0 aromatic rings. The van der Waals surface area contributed by atoms with Gasteiger partial charge in [0.1, 0.15) is 5.76 Å². The molecule has 1 aliphatic carbocycles. The maximum atomic E-state index is 11.9. The Balaban J connectivity index is 2.75. The van der Waals surface area contributed by atoms with Gasteiger partial charge in [-0.05, 0) is 24.8 Å². The van der Waals surface area contributed by atoms with Crippen molar-refractivity contribution in [3.63, 3.8) is 0 Å². The standard InChI is InChI=1S/C8H11F3O3S/c1-6-3-2-4-7(5-6)14-15(12,13)8(9,10)11/h4,6H,2-3,5H2,1H3. The maximum Gasteiger partial charge on any atom is 0.534 e.